The van der Waals surface area contributed by atoms with Crippen molar-refractivity contribution in [1.29, 1.82) is 0 Å². The molecule has 1 unspecified atom stereocenters. The first kappa shape index (κ1) is 15.4. The van der Waals surface area contributed by atoms with Gasteiger partial charge in [-0.2, -0.15) is 5.10 Å². The van der Waals surface area contributed by atoms with Crippen molar-refractivity contribution in [2.45, 2.75) is 64.0 Å². The van der Waals surface area contributed by atoms with E-state index in [1.165, 1.54) is 63.7 Å². The summed E-state index contributed by atoms with van der Waals surface area (Å²) < 4.78 is 2.23. The highest BCUT2D eigenvalue weighted by Crippen LogP contribution is 2.28. The van der Waals surface area contributed by atoms with Gasteiger partial charge in [0, 0.05) is 25.2 Å². The highest BCUT2D eigenvalue weighted by molar-refractivity contribution is 6.17. The van der Waals surface area contributed by atoms with Gasteiger partial charge in [0.05, 0.1) is 11.7 Å². The van der Waals surface area contributed by atoms with E-state index in [0.29, 0.717) is 6.04 Å². The summed E-state index contributed by atoms with van der Waals surface area (Å²) in [4.78, 5) is 2.56. The number of likely N-dealkylation sites (tertiary alicyclic amines) is 1. The number of hydrogen-bond acceptors (Lipinski definition) is 2. The molecule has 1 aromatic rings. The lowest BCUT2D eigenvalue weighted by atomic mass is 9.95. The molecule has 1 aromatic heterocycles. The summed E-state index contributed by atoms with van der Waals surface area (Å²) in [5, 5.41) is 4.85. The zero-order valence-corrected chi connectivity index (χ0v) is 13.8. The van der Waals surface area contributed by atoms with Crippen LogP contribution in [0.3, 0.4) is 0 Å². The second kappa shape index (κ2) is 7.64. The molecule has 3 rings (SSSR count). The molecule has 0 radical (unpaired) electrons. The van der Waals surface area contributed by atoms with Crippen LogP contribution in [0.25, 0.3) is 0 Å². The zero-order valence-electron chi connectivity index (χ0n) is 13.0. The van der Waals surface area contributed by atoms with Crippen LogP contribution in [0.2, 0.25) is 0 Å². The van der Waals surface area contributed by atoms with E-state index in [1.54, 1.807) is 0 Å². The fourth-order valence-electron chi connectivity index (χ4n) is 3.92. The number of hydrogen-bond donors (Lipinski definition) is 0. The Morgan fingerprint density at radius 3 is 2.81 bits per heavy atom. The fraction of sp³-hybridized carbons (Fsp3) is 0.824. The molecule has 4 heteroatoms. The van der Waals surface area contributed by atoms with Crippen molar-refractivity contribution in [3.63, 3.8) is 0 Å². The Labute approximate surface area is 133 Å². The van der Waals surface area contributed by atoms with Crippen LogP contribution in [-0.4, -0.2) is 33.6 Å². The number of nitrogens with zero attached hydrogens (tertiary/aromatic N) is 3. The summed E-state index contributed by atoms with van der Waals surface area (Å²) in [6, 6.07) is 2.87. The minimum absolute atomic E-state index is 0.651. The lowest BCUT2D eigenvalue weighted by Crippen LogP contribution is -2.35. The van der Waals surface area contributed by atoms with E-state index < -0.39 is 0 Å². The largest absolute Gasteiger partial charge is 0.297 e. The molecule has 0 aromatic carbocycles. The van der Waals surface area contributed by atoms with Gasteiger partial charge in [0.1, 0.15) is 0 Å². The Balaban J connectivity index is 1.54. The molecule has 0 N–H and O–H groups in total. The first-order valence-electron chi connectivity index (χ1n) is 8.67. The molecule has 2 aliphatic rings. The van der Waals surface area contributed by atoms with Crippen molar-refractivity contribution in [1.82, 2.24) is 14.7 Å². The van der Waals surface area contributed by atoms with Crippen molar-refractivity contribution in [3.05, 3.63) is 18.0 Å². The smallest absolute Gasteiger partial charge is 0.0764 e. The van der Waals surface area contributed by atoms with Crippen LogP contribution < -0.4 is 0 Å². The van der Waals surface area contributed by atoms with Gasteiger partial charge in [0.15, 0.2) is 0 Å². The molecule has 2 fully saturated rings. The SMILES string of the molecule is ClCCC1CCCN(Cc2ccn(C3CCCCC3)n2)C1. The van der Waals surface area contributed by atoms with Crippen LogP contribution in [0.4, 0.5) is 0 Å². The highest BCUT2D eigenvalue weighted by Gasteiger charge is 2.21. The maximum absolute atomic E-state index is 5.90. The third-order valence-corrected chi connectivity index (χ3v) is 5.34. The Bertz CT molecular complexity index is 423. The number of rotatable bonds is 5. The van der Waals surface area contributed by atoms with E-state index in [9.17, 15) is 0 Å². The molecule has 1 saturated carbocycles. The summed E-state index contributed by atoms with van der Waals surface area (Å²) in [7, 11) is 0. The number of alkyl halides is 1. The second-order valence-electron chi connectivity index (χ2n) is 6.80. The van der Waals surface area contributed by atoms with E-state index in [0.717, 1.165) is 24.8 Å². The molecule has 118 valence electrons. The quantitative estimate of drug-likeness (QED) is 0.759. The van der Waals surface area contributed by atoms with Crippen LogP contribution in [0, 0.1) is 5.92 Å². The zero-order chi connectivity index (χ0) is 14.5. The Kier molecular flexibility index (Phi) is 5.59. The van der Waals surface area contributed by atoms with Crippen molar-refractivity contribution in [2.24, 2.45) is 5.92 Å². The molecule has 2 heterocycles. The van der Waals surface area contributed by atoms with Crippen LogP contribution in [0.15, 0.2) is 12.3 Å². The van der Waals surface area contributed by atoms with Crippen LogP contribution >= 0.6 is 11.6 Å². The van der Waals surface area contributed by atoms with Crippen molar-refractivity contribution < 1.29 is 0 Å². The van der Waals surface area contributed by atoms with Gasteiger partial charge >= 0.3 is 0 Å². The topological polar surface area (TPSA) is 21.1 Å². The molecular formula is C17H28ClN3. The molecule has 1 aliphatic heterocycles. The molecule has 1 atom stereocenters. The Morgan fingerprint density at radius 2 is 2.00 bits per heavy atom. The molecule has 1 saturated heterocycles. The first-order valence-corrected chi connectivity index (χ1v) is 9.21. The molecule has 3 nitrogen and oxygen atoms in total. The van der Waals surface area contributed by atoms with Gasteiger partial charge in [-0.1, -0.05) is 19.3 Å². The van der Waals surface area contributed by atoms with Gasteiger partial charge in [0.25, 0.3) is 0 Å². The molecule has 0 bridgehead atoms. The van der Waals surface area contributed by atoms with E-state index in [4.69, 9.17) is 16.7 Å². The third-order valence-electron chi connectivity index (χ3n) is 5.12. The van der Waals surface area contributed by atoms with Gasteiger partial charge < -0.3 is 0 Å². The lowest BCUT2D eigenvalue weighted by Gasteiger charge is -2.32. The second-order valence-corrected chi connectivity index (χ2v) is 7.18. The highest BCUT2D eigenvalue weighted by atomic mass is 35.5. The van der Waals surface area contributed by atoms with Gasteiger partial charge in [-0.25, -0.2) is 0 Å². The van der Waals surface area contributed by atoms with Crippen molar-refractivity contribution >= 4 is 11.6 Å². The standard InChI is InChI=1S/C17H28ClN3/c18-10-8-15-5-4-11-20(13-15)14-16-9-12-21(19-16)17-6-2-1-3-7-17/h9,12,15,17H,1-8,10-11,13-14H2. The van der Waals surface area contributed by atoms with E-state index >= 15 is 0 Å². The Morgan fingerprint density at radius 1 is 1.14 bits per heavy atom. The average molecular weight is 310 g/mol. The molecule has 21 heavy (non-hydrogen) atoms. The van der Waals surface area contributed by atoms with Gasteiger partial charge in [-0.05, 0) is 50.6 Å². The summed E-state index contributed by atoms with van der Waals surface area (Å²) in [6.45, 7) is 3.43. The van der Waals surface area contributed by atoms with E-state index in [-0.39, 0.29) is 0 Å². The van der Waals surface area contributed by atoms with Gasteiger partial charge in [-0.15, -0.1) is 11.6 Å². The average Bonchev–Trinajstić information content (AvgIpc) is 2.97. The molecular weight excluding hydrogens is 282 g/mol. The van der Waals surface area contributed by atoms with Crippen LogP contribution in [0.1, 0.15) is 63.1 Å². The lowest BCUT2D eigenvalue weighted by molar-refractivity contribution is 0.163. The normalized spacial score (nSPS) is 25.3. The summed E-state index contributed by atoms with van der Waals surface area (Å²) >= 11 is 5.90. The van der Waals surface area contributed by atoms with Crippen LogP contribution in [0.5, 0.6) is 0 Å². The van der Waals surface area contributed by atoms with Crippen molar-refractivity contribution in [3.8, 4) is 0 Å². The minimum atomic E-state index is 0.651. The molecule has 1 aliphatic carbocycles. The monoisotopic (exact) mass is 309 g/mol. The minimum Gasteiger partial charge on any atom is -0.297 e. The van der Waals surface area contributed by atoms with Crippen molar-refractivity contribution in [2.75, 3.05) is 19.0 Å². The number of aromatic nitrogens is 2. The number of halogens is 1. The maximum Gasteiger partial charge on any atom is 0.0764 e. The number of piperidine rings is 1. The first-order chi connectivity index (χ1) is 10.3. The van der Waals surface area contributed by atoms with E-state index in [1.807, 2.05) is 0 Å². The fourth-order valence-corrected chi connectivity index (χ4v) is 4.23. The molecule has 0 amide bonds. The maximum atomic E-state index is 5.90. The predicted molar refractivity (Wildman–Crippen MR) is 87.7 cm³/mol. The van der Waals surface area contributed by atoms with Crippen LogP contribution in [-0.2, 0) is 6.54 Å². The summed E-state index contributed by atoms with van der Waals surface area (Å²) in [5.41, 5.74) is 1.24. The summed E-state index contributed by atoms with van der Waals surface area (Å²) in [5.74, 6) is 1.59. The van der Waals surface area contributed by atoms with E-state index in [2.05, 4.69) is 21.8 Å². The third kappa shape index (κ3) is 4.23. The molecule has 0 spiro atoms. The summed E-state index contributed by atoms with van der Waals surface area (Å²) in [6.07, 6.45) is 12.8. The van der Waals surface area contributed by atoms with Gasteiger partial charge in [0.2, 0.25) is 0 Å². The predicted octanol–water partition coefficient (Wildman–Crippen LogP) is 4.23. The Hall–Kier alpha value is -0.540. The van der Waals surface area contributed by atoms with Gasteiger partial charge in [-0.3, -0.25) is 9.58 Å².